The lowest BCUT2D eigenvalue weighted by atomic mass is 10.1. The molecule has 0 fully saturated rings. The Bertz CT molecular complexity index is 674. The highest BCUT2D eigenvalue weighted by Crippen LogP contribution is 2.29. The summed E-state index contributed by atoms with van der Waals surface area (Å²) in [6.45, 7) is 2.44. The minimum atomic E-state index is -1.08. The molecule has 1 aromatic carbocycles. The summed E-state index contributed by atoms with van der Waals surface area (Å²) < 4.78 is 0. The number of nitrogens with zero attached hydrogens (tertiary/aromatic N) is 1. The molecule has 0 saturated carbocycles. The van der Waals surface area contributed by atoms with E-state index in [1.165, 1.54) is 12.1 Å². The Morgan fingerprint density at radius 1 is 1.48 bits per heavy atom. The fourth-order valence-corrected chi connectivity index (χ4v) is 2.40. The van der Waals surface area contributed by atoms with Gasteiger partial charge in [0.1, 0.15) is 0 Å². The van der Waals surface area contributed by atoms with Crippen LogP contribution in [0.3, 0.4) is 0 Å². The van der Waals surface area contributed by atoms with Crippen molar-refractivity contribution in [2.45, 2.75) is 19.9 Å². The molecule has 0 unspecified atom stereocenters. The molecule has 0 aliphatic carbocycles. The number of rotatable bonds is 5. The first-order valence-electron chi connectivity index (χ1n) is 6.52. The molecular formula is C15H16ClN3O2. The van der Waals surface area contributed by atoms with Gasteiger partial charge in [-0.25, -0.2) is 4.79 Å². The van der Waals surface area contributed by atoms with Gasteiger partial charge in [0.05, 0.1) is 28.5 Å². The van der Waals surface area contributed by atoms with Gasteiger partial charge in [0.15, 0.2) is 0 Å². The Kier molecular flexibility index (Phi) is 4.65. The van der Waals surface area contributed by atoms with E-state index in [0.717, 1.165) is 17.7 Å². The Hall–Kier alpha value is -2.27. The third-order valence-electron chi connectivity index (χ3n) is 3.14. The van der Waals surface area contributed by atoms with E-state index in [1.807, 2.05) is 19.1 Å². The molecule has 1 heterocycles. The number of hydrogen-bond acceptors (Lipinski definition) is 4. The molecule has 2 aromatic rings. The predicted molar refractivity (Wildman–Crippen MR) is 83.8 cm³/mol. The molecule has 0 radical (unpaired) electrons. The number of benzene rings is 1. The summed E-state index contributed by atoms with van der Waals surface area (Å²) in [5, 5.41) is 12.6. The number of nitrogens with one attached hydrogen (secondary N) is 1. The number of pyridine rings is 1. The van der Waals surface area contributed by atoms with E-state index >= 15 is 0 Å². The van der Waals surface area contributed by atoms with Gasteiger partial charge in [-0.05, 0) is 30.2 Å². The van der Waals surface area contributed by atoms with Crippen LogP contribution in [0.25, 0.3) is 0 Å². The fourth-order valence-electron chi connectivity index (χ4n) is 2.10. The lowest BCUT2D eigenvalue weighted by molar-refractivity contribution is 0.0698. The topological polar surface area (TPSA) is 88.2 Å². The number of hydrogen-bond donors (Lipinski definition) is 3. The van der Waals surface area contributed by atoms with Crippen LogP contribution in [0.2, 0.25) is 5.02 Å². The van der Waals surface area contributed by atoms with Crippen LogP contribution in [0.1, 0.15) is 28.5 Å². The molecule has 5 nitrogen and oxygen atoms in total. The van der Waals surface area contributed by atoms with Crippen molar-refractivity contribution in [1.82, 2.24) is 4.98 Å². The first-order valence-corrected chi connectivity index (χ1v) is 6.89. The quantitative estimate of drug-likeness (QED) is 0.738. The second-order valence-corrected chi connectivity index (χ2v) is 4.95. The normalized spacial score (nSPS) is 10.4. The number of nitrogens with two attached hydrogens (primary N) is 1. The summed E-state index contributed by atoms with van der Waals surface area (Å²) >= 11 is 6.09. The summed E-state index contributed by atoms with van der Waals surface area (Å²) in [5.74, 6) is -1.08. The second kappa shape index (κ2) is 6.45. The number of carbonyl (C=O) groups is 1. The lowest BCUT2D eigenvalue weighted by Gasteiger charge is -2.13. The molecule has 6 heteroatoms. The van der Waals surface area contributed by atoms with Gasteiger partial charge in [-0.1, -0.05) is 24.6 Å². The van der Waals surface area contributed by atoms with Gasteiger partial charge in [0, 0.05) is 11.9 Å². The smallest absolute Gasteiger partial charge is 0.337 e. The molecule has 0 saturated heterocycles. The maximum absolute atomic E-state index is 11.3. The van der Waals surface area contributed by atoms with Gasteiger partial charge in [-0.2, -0.15) is 0 Å². The van der Waals surface area contributed by atoms with Gasteiger partial charge in [0.2, 0.25) is 0 Å². The van der Waals surface area contributed by atoms with E-state index < -0.39 is 5.97 Å². The molecule has 0 spiro atoms. The van der Waals surface area contributed by atoms with E-state index in [9.17, 15) is 9.90 Å². The Morgan fingerprint density at radius 2 is 2.24 bits per heavy atom. The van der Waals surface area contributed by atoms with Crippen LogP contribution in [0.15, 0.2) is 30.5 Å². The summed E-state index contributed by atoms with van der Waals surface area (Å²) in [6, 6.07) is 6.78. The average molecular weight is 306 g/mol. The number of carboxylic acid groups (broad SMARTS) is 1. The lowest BCUT2D eigenvalue weighted by Crippen LogP contribution is -2.10. The number of carboxylic acids is 1. The molecule has 1 aromatic heterocycles. The van der Waals surface area contributed by atoms with Gasteiger partial charge in [-0.3, -0.25) is 4.98 Å². The largest absolute Gasteiger partial charge is 0.478 e. The first kappa shape index (κ1) is 15.1. The number of nitrogen functional groups attached to an aromatic ring is 1. The van der Waals surface area contributed by atoms with Crippen molar-refractivity contribution in [2.24, 2.45) is 0 Å². The molecule has 21 heavy (non-hydrogen) atoms. The zero-order valence-electron chi connectivity index (χ0n) is 11.6. The number of halogens is 1. The minimum absolute atomic E-state index is 0.0500. The Labute approximate surface area is 127 Å². The van der Waals surface area contributed by atoms with E-state index in [0.29, 0.717) is 17.9 Å². The summed E-state index contributed by atoms with van der Waals surface area (Å²) in [5.41, 5.74) is 8.32. The first-order chi connectivity index (χ1) is 10.0. The SMILES string of the molecule is CCc1cccnc1CNc1c(Cl)cc(N)cc1C(=O)O. The van der Waals surface area contributed by atoms with E-state index in [4.69, 9.17) is 17.3 Å². The third kappa shape index (κ3) is 3.44. The monoisotopic (exact) mass is 305 g/mol. The molecular weight excluding hydrogens is 290 g/mol. The zero-order valence-corrected chi connectivity index (χ0v) is 12.3. The van der Waals surface area contributed by atoms with Crippen molar-refractivity contribution < 1.29 is 9.90 Å². The van der Waals surface area contributed by atoms with Gasteiger partial charge >= 0.3 is 5.97 Å². The minimum Gasteiger partial charge on any atom is -0.478 e. The summed E-state index contributed by atoms with van der Waals surface area (Å²) in [7, 11) is 0. The number of aryl methyl sites for hydroxylation is 1. The number of aromatic nitrogens is 1. The fraction of sp³-hybridized carbons (Fsp3) is 0.200. The van der Waals surface area contributed by atoms with E-state index in [1.54, 1.807) is 6.20 Å². The predicted octanol–water partition coefficient (Wildman–Crippen LogP) is 3.19. The second-order valence-electron chi connectivity index (χ2n) is 4.55. The van der Waals surface area contributed by atoms with Crippen LogP contribution in [0.5, 0.6) is 0 Å². The van der Waals surface area contributed by atoms with Crippen molar-refractivity contribution in [3.8, 4) is 0 Å². The molecule has 110 valence electrons. The molecule has 0 amide bonds. The molecule has 0 aliphatic rings. The highest BCUT2D eigenvalue weighted by atomic mass is 35.5. The van der Waals surface area contributed by atoms with Crippen LogP contribution < -0.4 is 11.1 Å². The molecule has 4 N–H and O–H groups in total. The standard InChI is InChI=1S/C15H16ClN3O2/c1-2-9-4-3-5-18-13(9)8-19-14-11(15(20)21)6-10(17)7-12(14)16/h3-7,19H,2,8,17H2,1H3,(H,20,21). The third-order valence-corrected chi connectivity index (χ3v) is 3.44. The van der Waals surface area contributed by atoms with Crippen molar-refractivity contribution in [3.05, 3.63) is 52.3 Å². The highest BCUT2D eigenvalue weighted by molar-refractivity contribution is 6.34. The van der Waals surface area contributed by atoms with Crippen molar-refractivity contribution in [3.63, 3.8) is 0 Å². The highest BCUT2D eigenvalue weighted by Gasteiger charge is 2.15. The van der Waals surface area contributed by atoms with E-state index in [-0.39, 0.29) is 10.6 Å². The van der Waals surface area contributed by atoms with Crippen molar-refractivity contribution in [1.29, 1.82) is 0 Å². The molecule has 0 aliphatic heterocycles. The van der Waals surface area contributed by atoms with Crippen molar-refractivity contribution >= 4 is 28.9 Å². The summed E-state index contributed by atoms with van der Waals surface area (Å²) in [6.07, 6.45) is 2.56. The maximum atomic E-state index is 11.3. The Morgan fingerprint density at radius 3 is 2.90 bits per heavy atom. The van der Waals surface area contributed by atoms with Crippen molar-refractivity contribution in [2.75, 3.05) is 11.1 Å². The maximum Gasteiger partial charge on any atom is 0.337 e. The van der Waals surface area contributed by atoms with Crippen LogP contribution in [-0.4, -0.2) is 16.1 Å². The van der Waals surface area contributed by atoms with E-state index in [2.05, 4.69) is 10.3 Å². The Balaban J connectivity index is 2.30. The zero-order chi connectivity index (χ0) is 15.4. The molecule has 2 rings (SSSR count). The average Bonchev–Trinajstić information content (AvgIpc) is 2.45. The molecule has 0 bridgehead atoms. The van der Waals surface area contributed by atoms with Crippen LogP contribution in [0.4, 0.5) is 11.4 Å². The van der Waals surface area contributed by atoms with Crippen LogP contribution >= 0.6 is 11.6 Å². The van der Waals surface area contributed by atoms with Gasteiger partial charge < -0.3 is 16.2 Å². The van der Waals surface area contributed by atoms with Gasteiger partial charge in [0.25, 0.3) is 0 Å². The number of aromatic carboxylic acids is 1. The van der Waals surface area contributed by atoms with Crippen LogP contribution in [0, 0.1) is 0 Å². The molecule has 0 atom stereocenters. The number of anilines is 2. The summed E-state index contributed by atoms with van der Waals surface area (Å²) in [4.78, 5) is 15.6. The van der Waals surface area contributed by atoms with Gasteiger partial charge in [-0.15, -0.1) is 0 Å². The van der Waals surface area contributed by atoms with Crippen LogP contribution in [-0.2, 0) is 13.0 Å².